The molecule has 0 atom stereocenters. The molecule has 5 nitrogen and oxygen atoms in total. The minimum Gasteiger partial charge on any atom is -0.478 e. The van der Waals surface area contributed by atoms with Crippen molar-refractivity contribution < 1.29 is 9.90 Å². The first-order valence-corrected chi connectivity index (χ1v) is 6.65. The Morgan fingerprint density at radius 2 is 2.33 bits per heavy atom. The minimum absolute atomic E-state index is 0.174. The van der Waals surface area contributed by atoms with E-state index >= 15 is 0 Å². The van der Waals surface area contributed by atoms with E-state index in [1.807, 2.05) is 11.4 Å². The van der Waals surface area contributed by atoms with Gasteiger partial charge in [-0.3, -0.25) is 0 Å². The van der Waals surface area contributed by atoms with E-state index < -0.39 is 5.97 Å². The molecule has 0 fully saturated rings. The summed E-state index contributed by atoms with van der Waals surface area (Å²) in [6, 6.07) is 3.37. The molecule has 0 radical (unpaired) electrons. The third-order valence-corrected chi connectivity index (χ3v) is 3.97. The van der Waals surface area contributed by atoms with Crippen LogP contribution in [-0.2, 0) is 0 Å². The highest BCUT2D eigenvalue weighted by molar-refractivity contribution is 9.11. The number of rotatable bonds is 2. The van der Waals surface area contributed by atoms with Crippen LogP contribution in [0.25, 0.3) is 22.6 Å². The summed E-state index contributed by atoms with van der Waals surface area (Å²) in [7, 11) is 0. The molecule has 3 aromatic rings. The topological polar surface area (TPSA) is 78.9 Å². The molecule has 0 amide bonds. The first kappa shape index (κ1) is 11.4. The summed E-state index contributed by atoms with van der Waals surface area (Å²) < 4.78 is 0.990. The Hall–Kier alpha value is -1.73. The van der Waals surface area contributed by atoms with E-state index in [9.17, 15) is 4.79 Å². The molecule has 0 aliphatic heterocycles. The predicted molar refractivity (Wildman–Crippen MR) is 71.9 cm³/mol. The number of aromatic amines is 1. The van der Waals surface area contributed by atoms with Gasteiger partial charge in [0.25, 0.3) is 0 Å². The SMILES string of the molecule is O=C(O)c1ccnc2nc(-c3csc(Br)c3)[nH]c12. The second-order valence-electron chi connectivity index (χ2n) is 3.59. The number of nitrogens with one attached hydrogen (secondary N) is 1. The number of carboxylic acids is 1. The van der Waals surface area contributed by atoms with Crippen LogP contribution in [0.2, 0.25) is 0 Å². The zero-order chi connectivity index (χ0) is 12.7. The lowest BCUT2D eigenvalue weighted by Gasteiger charge is -1.93. The van der Waals surface area contributed by atoms with Gasteiger partial charge in [-0.25, -0.2) is 14.8 Å². The zero-order valence-corrected chi connectivity index (χ0v) is 11.2. The second kappa shape index (κ2) is 4.18. The number of hydrogen-bond donors (Lipinski definition) is 2. The lowest BCUT2D eigenvalue weighted by Crippen LogP contribution is -1.97. The molecule has 0 unspecified atom stereocenters. The summed E-state index contributed by atoms with van der Waals surface area (Å²) in [6.45, 7) is 0. The highest BCUT2D eigenvalue weighted by Crippen LogP contribution is 2.28. The molecule has 0 aliphatic carbocycles. The van der Waals surface area contributed by atoms with Gasteiger partial charge in [0, 0.05) is 17.1 Å². The Morgan fingerprint density at radius 1 is 1.50 bits per heavy atom. The standard InChI is InChI=1S/C11H6BrN3O2S/c12-7-3-5(4-18-7)9-14-8-6(11(16)17)1-2-13-10(8)15-9/h1-4H,(H,16,17)(H,13,14,15). The summed E-state index contributed by atoms with van der Waals surface area (Å²) in [5.41, 5.74) is 1.93. The van der Waals surface area contributed by atoms with Gasteiger partial charge in [-0.2, -0.15) is 0 Å². The Kier molecular flexibility index (Phi) is 2.64. The number of thiophene rings is 1. The number of pyridine rings is 1. The van der Waals surface area contributed by atoms with E-state index in [4.69, 9.17) is 5.11 Å². The van der Waals surface area contributed by atoms with Crippen LogP contribution < -0.4 is 0 Å². The number of aromatic carboxylic acids is 1. The molecule has 0 spiro atoms. The fraction of sp³-hybridized carbons (Fsp3) is 0. The minimum atomic E-state index is -0.996. The molecule has 7 heteroatoms. The number of nitrogens with zero attached hydrogens (tertiary/aromatic N) is 2. The van der Waals surface area contributed by atoms with Crippen molar-refractivity contribution in [3.63, 3.8) is 0 Å². The smallest absolute Gasteiger partial charge is 0.338 e. The first-order valence-electron chi connectivity index (χ1n) is 4.97. The van der Waals surface area contributed by atoms with Crippen LogP contribution in [-0.4, -0.2) is 26.0 Å². The average molecular weight is 324 g/mol. The van der Waals surface area contributed by atoms with E-state index in [2.05, 4.69) is 30.9 Å². The molecule has 0 saturated heterocycles. The molecule has 2 N–H and O–H groups in total. The lowest BCUT2D eigenvalue weighted by atomic mass is 10.2. The number of halogens is 1. The third kappa shape index (κ3) is 1.81. The van der Waals surface area contributed by atoms with Crippen molar-refractivity contribution in [2.45, 2.75) is 0 Å². The molecule has 18 heavy (non-hydrogen) atoms. The van der Waals surface area contributed by atoms with Crippen LogP contribution in [0.4, 0.5) is 0 Å². The largest absolute Gasteiger partial charge is 0.478 e. The molecule has 0 saturated carbocycles. The third-order valence-electron chi connectivity index (χ3n) is 2.46. The van der Waals surface area contributed by atoms with Crippen LogP contribution in [0.15, 0.2) is 27.5 Å². The first-order chi connectivity index (χ1) is 8.65. The second-order valence-corrected chi connectivity index (χ2v) is 5.88. The number of H-pyrrole nitrogens is 1. The fourth-order valence-electron chi connectivity index (χ4n) is 1.66. The van der Waals surface area contributed by atoms with Gasteiger partial charge < -0.3 is 10.1 Å². The highest BCUT2D eigenvalue weighted by atomic mass is 79.9. The summed E-state index contributed by atoms with van der Waals surface area (Å²) in [4.78, 5) is 22.4. The van der Waals surface area contributed by atoms with Gasteiger partial charge in [-0.1, -0.05) is 0 Å². The van der Waals surface area contributed by atoms with Gasteiger partial charge in [0.1, 0.15) is 5.82 Å². The summed E-state index contributed by atoms with van der Waals surface area (Å²) >= 11 is 4.92. The normalized spacial score (nSPS) is 10.9. The number of carbonyl (C=O) groups is 1. The zero-order valence-electron chi connectivity index (χ0n) is 8.85. The summed E-state index contributed by atoms with van der Waals surface area (Å²) in [5, 5.41) is 11.0. The summed E-state index contributed by atoms with van der Waals surface area (Å²) in [6.07, 6.45) is 1.44. The molecular weight excluding hydrogens is 318 g/mol. The van der Waals surface area contributed by atoms with Crippen LogP contribution >= 0.6 is 27.3 Å². The van der Waals surface area contributed by atoms with Crippen molar-refractivity contribution in [3.8, 4) is 11.4 Å². The van der Waals surface area contributed by atoms with E-state index in [1.54, 1.807) is 0 Å². The van der Waals surface area contributed by atoms with Crippen molar-refractivity contribution in [2.24, 2.45) is 0 Å². The van der Waals surface area contributed by atoms with E-state index in [0.717, 1.165) is 9.35 Å². The van der Waals surface area contributed by atoms with Gasteiger partial charge in [-0.15, -0.1) is 11.3 Å². The number of imidazole rings is 1. The summed E-state index contributed by atoms with van der Waals surface area (Å²) in [5.74, 6) is -0.378. The number of hydrogen-bond acceptors (Lipinski definition) is 4. The van der Waals surface area contributed by atoms with Gasteiger partial charge in [0.2, 0.25) is 0 Å². The molecule has 0 bridgehead atoms. The number of carboxylic acid groups (broad SMARTS) is 1. The maximum Gasteiger partial charge on any atom is 0.338 e. The van der Waals surface area contributed by atoms with Gasteiger partial charge in [0.05, 0.1) is 14.9 Å². The lowest BCUT2D eigenvalue weighted by molar-refractivity contribution is 0.0699. The molecule has 0 aliphatic rings. The van der Waals surface area contributed by atoms with Crippen LogP contribution in [0.5, 0.6) is 0 Å². The maximum atomic E-state index is 11.1. The average Bonchev–Trinajstić information content (AvgIpc) is 2.93. The van der Waals surface area contributed by atoms with E-state index in [1.165, 1.54) is 23.6 Å². The van der Waals surface area contributed by atoms with Crippen LogP contribution in [0.1, 0.15) is 10.4 Å². The number of fused-ring (bicyclic) bond motifs is 1. The molecule has 3 aromatic heterocycles. The van der Waals surface area contributed by atoms with Crippen molar-refractivity contribution in [1.82, 2.24) is 15.0 Å². The molecular formula is C11H6BrN3O2S. The van der Waals surface area contributed by atoms with Crippen LogP contribution in [0.3, 0.4) is 0 Å². The van der Waals surface area contributed by atoms with Crippen molar-refractivity contribution in [2.75, 3.05) is 0 Å². The van der Waals surface area contributed by atoms with Gasteiger partial charge in [-0.05, 0) is 28.1 Å². The molecule has 3 rings (SSSR count). The Balaban J connectivity index is 2.22. The molecule has 90 valence electrons. The fourth-order valence-corrected chi connectivity index (χ4v) is 2.80. The van der Waals surface area contributed by atoms with Crippen molar-refractivity contribution >= 4 is 44.4 Å². The van der Waals surface area contributed by atoms with E-state index in [-0.39, 0.29) is 5.56 Å². The monoisotopic (exact) mass is 323 g/mol. The highest BCUT2D eigenvalue weighted by Gasteiger charge is 2.14. The van der Waals surface area contributed by atoms with Crippen LogP contribution in [0, 0.1) is 0 Å². The molecule has 3 heterocycles. The quantitative estimate of drug-likeness (QED) is 0.759. The van der Waals surface area contributed by atoms with Gasteiger partial charge in [0.15, 0.2) is 5.65 Å². The Labute approximate surface area is 114 Å². The Morgan fingerprint density at radius 3 is 3.00 bits per heavy atom. The predicted octanol–water partition coefficient (Wildman–Crippen LogP) is 3.15. The van der Waals surface area contributed by atoms with Gasteiger partial charge >= 0.3 is 5.97 Å². The molecule has 0 aromatic carbocycles. The van der Waals surface area contributed by atoms with Crippen molar-refractivity contribution in [3.05, 3.63) is 33.1 Å². The maximum absolute atomic E-state index is 11.1. The number of aromatic nitrogens is 3. The Bertz CT molecular complexity index is 750. The van der Waals surface area contributed by atoms with E-state index in [0.29, 0.717) is 17.0 Å². The van der Waals surface area contributed by atoms with Crippen molar-refractivity contribution in [1.29, 1.82) is 0 Å².